The Morgan fingerprint density at radius 1 is 1.25 bits per heavy atom. The molecule has 20 heavy (non-hydrogen) atoms. The molecule has 3 N–H and O–H groups in total. The second-order valence-corrected chi connectivity index (χ2v) is 9.42. The van der Waals surface area contributed by atoms with Gasteiger partial charge in [-0.25, -0.2) is 25.9 Å². The third-order valence-electron chi connectivity index (χ3n) is 2.95. The SMILES string of the molecule is CC(C)(CNS(=O)(=O)c1ccc(F)cc1N)S(C)(=O)=O. The summed E-state index contributed by atoms with van der Waals surface area (Å²) >= 11 is 0. The van der Waals surface area contributed by atoms with Gasteiger partial charge >= 0.3 is 0 Å². The van der Waals surface area contributed by atoms with E-state index >= 15 is 0 Å². The molecule has 0 radical (unpaired) electrons. The molecule has 114 valence electrons. The molecule has 0 aliphatic rings. The van der Waals surface area contributed by atoms with Crippen LogP contribution in [0.15, 0.2) is 23.1 Å². The lowest BCUT2D eigenvalue weighted by Crippen LogP contribution is -2.43. The van der Waals surface area contributed by atoms with E-state index in [-0.39, 0.29) is 17.1 Å². The molecule has 1 aromatic carbocycles. The molecule has 0 aliphatic heterocycles. The highest BCUT2D eigenvalue weighted by molar-refractivity contribution is 7.92. The number of sulfone groups is 1. The van der Waals surface area contributed by atoms with Crippen LogP contribution in [0.5, 0.6) is 0 Å². The molecule has 0 saturated heterocycles. The van der Waals surface area contributed by atoms with Crippen molar-refractivity contribution < 1.29 is 21.2 Å². The number of nitrogen functional groups attached to an aromatic ring is 1. The summed E-state index contributed by atoms with van der Waals surface area (Å²) in [6, 6.07) is 2.88. The van der Waals surface area contributed by atoms with Gasteiger partial charge in [0, 0.05) is 12.8 Å². The van der Waals surface area contributed by atoms with Crippen LogP contribution in [0.25, 0.3) is 0 Å². The molecular weight excluding hydrogens is 307 g/mol. The standard InChI is InChI=1S/C11H17FN2O4S2/c1-11(2,19(3,15)16)7-14-20(17,18)10-5-4-8(12)6-9(10)13/h4-6,14H,7,13H2,1-3H3. The fourth-order valence-corrected chi connectivity index (χ4v) is 2.99. The van der Waals surface area contributed by atoms with Gasteiger partial charge in [0.1, 0.15) is 10.7 Å². The Kier molecular flexibility index (Phi) is 4.47. The maximum atomic E-state index is 12.9. The molecule has 0 unspecified atom stereocenters. The number of rotatable bonds is 5. The van der Waals surface area contributed by atoms with Gasteiger partial charge < -0.3 is 5.73 Å². The molecule has 0 aromatic heterocycles. The molecule has 0 heterocycles. The van der Waals surface area contributed by atoms with Gasteiger partial charge in [-0.3, -0.25) is 0 Å². The summed E-state index contributed by atoms with van der Waals surface area (Å²) in [5.41, 5.74) is 5.21. The Morgan fingerprint density at radius 2 is 1.80 bits per heavy atom. The highest BCUT2D eigenvalue weighted by atomic mass is 32.2. The van der Waals surface area contributed by atoms with E-state index in [1.165, 1.54) is 13.8 Å². The second-order valence-electron chi connectivity index (χ2n) is 5.04. The molecule has 1 aromatic rings. The fraction of sp³-hybridized carbons (Fsp3) is 0.455. The van der Waals surface area contributed by atoms with Gasteiger partial charge in [0.2, 0.25) is 10.0 Å². The number of benzene rings is 1. The second kappa shape index (κ2) is 5.30. The predicted octanol–water partition coefficient (Wildman–Crippen LogP) is 0.509. The molecule has 9 heteroatoms. The Morgan fingerprint density at radius 3 is 2.25 bits per heavy atom. The van der Waals surface area contributed by atoms with Crippen molar-refractivity contribution in [2.45, 2.75) is 23.5 Å². The van der Waals surface area contributed by atoms with Gasteiger partial charge in [-0.2, -0.15) is 0 Å². The molecule has 0 spiro atoms. The maximum Gasteiger partial charge on any atom is 0.242 e. The molecule has 0 fully saturated rings. The number of nitrogens with one attached hydrogen (secondary N) is 1. The van der Waals surface area contributed by atoms with Gasteiger partial charge in [0.15, 0.2) is 9.84 Å². The van der Waals surface area contributed by atoms with Crippen LogP contribution in [0, 0.1) is 5.82 Å². The van der Waals surface area contributed by atoms with Crippen molar-refractivity contribution >= 4 is 25.5 Å². The van der Waals surface area contributed by atoms with Gasteiger partial charge in [-0.15, -0.1) is 0 Å². The minimum atomic E-state index is -4.01. The lowest BCUT2D eigenvalue weighted by atomic mass is 10.2. The first kappa shape index (κ1) is 16.9. The lowest BCUT2D eigenvalue weighted by molar-refractivity contribution is 0.537. The van der Waals surface area contributed by atoms with E-state index in [0.29, 0.717) is 0 Å². The van der Waals surface area contributed by atoms with Gasteiger partial charge in [0.05, 0.1) is 10.4 Å². The Bertz CT molecular complexity index is 712. The van der Waals surface area contributed by atoms with Crippen LogP contribution in [0.4, 0.5) is 10.1 Å². The third-order valence-corrected chi connectivity index (χ3v) is 6.58. The van der Waals surface area contributed by atoms with Crippen LogP contribution >= 0.6 is 0 Å². The Hall–Kier alpha value is -1.19. The molecule has 0 bridgehead atoms. The van der Waals surface area contributed by atoms with Gasteiger partial charge in [-0.1, -0.05) is 0 Å². The van der Waals surface area contributed by atoms with Crippen LogP contribution in [-0.4, -0.2) is 34.4 Å². The highest BCUT2D eigenvalue weighted by Gasteiger charge is 2.32. The summed E-state index contributed by atoms with van der Waals surface area (Å²) in [6.07, 6.45) is 1.02. The van der Waals surface area contributed by atoms with Crippen molar-refractivity contribution in [3.8, 4) is 0 Å². The molecule has 0 aliphatic carbocycles. The zero-order valence-corrected chi connectivity index (χ0v) is 13.0. The third kappa shape index (κ3) is 3.68. The summed E-state index contributed by atoms with van der Waals surface area (Å²) in [5.74, 6) is -0.655. The maximum absolute atomic E-state index is 12.9. The summed E-state index contributed by atoms with van der Waals surface area (Å²) in [7, 11) is -7.45. The van der Waals surface area contributed by atoms with Crippen molar-refractivity contribution in [2.75, 3.05) is 18.5 Å². The largest absolute Gasteiger partial charge is 0.398 e. The fourth-order valence-electron chi connectivity index (χ4n) is 1.24. The minimum Gasteiger partial charge on any atom is -0.398 e. The molecule has 0 amide bonds. The van der Waals surface area contributed by atoms with E-state index < -0.39 is 30.4 Å². The van der Waals surface area contributed by atoms with E-state index in [1.807, 2.05) is 0 Å². The molecule has 1 rings (SSSR count). The number of sulfonamides is 1. The average molecular weight is 324 g/mol. The summed E-state index contributed by atoms with van der Waals surface area (Å²) in [5, 5.41) is 0. The first-order chi connectivity index (χ1) is 8.87. The Balaban J connectivity index is 3.03. The first-order valence-electron chi connectivity index (χ1n) is 5.61. The van der Waals surface area contributed by atoms with Crippen molar-refractivity contribution in [3.05, 3.63) is 24.0 Å². The molecular formula is C11H17FN2O4S2. The number of halogens is 1. The number of anilines is 1. The van der Waals surface area contributed by atoms with E-state index in [0.717, 1.165) is 24.5 Å². The van der Waals surface area contributed by atoms with E-state index in [9.17, 15) is 21.2 Å². The smallest absolute Gasteiger partial charge is 0.242 e. The predicted molar refractivity (Wildman–Crippen MR) is 74.9 cm³/mol. The summed E-state index contributed by atoms with van der Waals surface area (Å²) < 4.78 is 60.9. The van der Waals surface area contributed by atoms with Crippen molar-refractivity contribution in [1.29, 1.82) is 0 Å². The van der Waals surface area contributed by atoms with Crippen LogP contribution in [0.2, 0.25) is 0 Å². The van der Waals surface area contributed by atoms with Crippen LogP contribution in [-0.2, 0) is 19.9 Å². The number of hydrogen-bond acceptors (Lipinski definition) is 5. The highest BCUT2D eigenvalue weighted by Crippen LogP contribution is 2.20. The first-order valence-corrected chi connectivity index (χ1v) is 8.98. The number of hydrogen-bond donors (Lipinski definition) is 2. The average Bonchev–Trinajstić information content (AvgIpc) is 2.24. The van der Waals surface area contributed by atoms with Crippen molar-refractivity contribution in [1.82, 2.24) is 4.72 Å². The number of nitrogens with two attached hydrogens (primary N) is 1. The monoisotopic (exact) mass is 324 g/mol. The summed E-state index contributed by atoms with van der Waals surface area (Å²) in [6.45, 7) is 2.49. The van der Waals surface area contributed by atoms with Crippen molar-refractivity contribution in [2.24, 2.45) is 0 Å². The van der Waals surface area contributed by atoms with Gasteiger partial charge in [0.25, 0.3) is 0 Å². The zero-order valence-electron chi connectivity index (χ0n) is 11.3. The Labute approximate surface area is 118 Å². The van der Waals surface area contributed by atoms with Crippen LogP contribution in [0.3, 0.4) is 0 Å². The molecule has 0 saturated carbocycles. The lowest BCUT2D eigenvalue weighted by Gasteiger charge is -2.22. The van der Waals surface area contributed by atoms with Crippen molar-refractivity contribution in [3.63, 3.8) is 0 Å². The van der Waals surface area contributed by atoms with Crippen LogP contribution in [0.1, 0.15) is 13.8 Å². The normalized spacial score (nSPS) is 13.4. The quantitative estimate of drug-likeness (QED) is 0.768. The molecule has 0 atom stereocenters. The minimum absolute atomic E-state index is 0.241. The van der Waals surface area contributed by atoms with Crippen LogP contribution < -0.4 is 10.5 Å². The zero-order chi connectivity index (χ0) is 15.8. The van der Waals surface area contributed by atoms with E-state index in [4.69, 9.17) is 5.73 Å². The summed E-state index contributed by atoms with van der Waals surface area (Å²) in [4.78, 5) is -0.289. The van der Waals surface area contributed by atoms with E-state index in [1.54, 1.807) is 0 Å². The van der Waals surface area contributed by atoms with Gasteiger partial charge in [-0.05, 0) is 32.0 Å². The molecule has 6 nitrogen and oxygen atoms in total. The topological polar surface area (TPSA) is 106 Å². The van der Waals surface area contributed by atoms with E-state index in [2.05, 4.69) is 4.72 Å².